The molecule has 1 saturated heterocycles. The van der Waals surface area contributed by atoms with Gasteiger partial charge in [0.05, 0.1) is 32.0 Å². The van der Waals surface area contributed by atoms with Gasteiger partial charge in [0, 0.05) is 12.8 Å². The third-order valence-electron chi connectivity index (χ3n) is 13.4. The first-order chi connectivity index (χ1) is 34.7. The minimum absolute atomic E-state index is 0.0398. The largest absolute Gasteiger partial charge is 0.466 e. The zero-order valence-corrected chi connectivity index (χ0v) is 45.2. The Hall–Kier alpha value is -2.64. The quantitative estimate of drug-likeness (QED) is 0.0149. The van der Waals surface area contributed by atoms with Crippen molar-refractivity contribution < 1.29 is 49.3 Å². The molecule has 1 rings (SSSR count). The number of allylic oxidation sites excluding steroid dienone is 9. The first-order valence-corrected chi connectivity index (χ1v) is 29.1. The standard InChI is InChI=1S/C60H107NO10/c1-3-5-7-9-11-13-15-26-30-34-38-42-46-53(63)52(51-70-60-59(68)58(67)57(66)54(50-62)71-60)61-55(64)47-43-39-35-31-27-24-22-20-18-17-19-21-23-25-29-33-37-41-45-49-69-56(65)48-44-40-36-32-28-16-14-12-10-8-6-4-2/h12,14,21,23,25-26,29-30,42,46,52-54,57-60,62-63,66-68H,3-11,13,15-20,22,24,27-28,31-41,43-45,47-51H2,1-2H3,(H,61,64)/b14-12-,23-21-,29-25-,30-26+,46-42+. The molecule has 0 aliphatic carbocycles. The predicted molar refractivity (Wildman–Crippen MR) is 292 cm³/mol. The van der Waals surface area contributed by atoms with Gasteiger partial charge >= 0.3 is 5.97 Å². The molecule has 0 spiro atoms. The molecule has 7 atom stereocenters. The van der Waals surface area contributed by atoms with Gasteiger partial charge in [-0.3, -0.25) is 9.59 Å². The lowest BCUT2D eigenvalue weighted by molar-refractivity contribution is -0.302. The molecule has 412 valence electrons. The number of hydrogen-bond donors (Lipinski definition) is 6. The van der Waals surface area contributed by atoms with Crippen LogP contribution in [0, 0.1) is 0 Å². The van der Waals surface area contributed by atoms with Crippen molar-refractivity contribution in [1.29, 1.82) is 0 Å². The highest BCUT2D eigenvalue weighted by Crippen LogP contribution is 2.23. The number of carbonyl (C=O) groups excluding carboxylic acids is 2. The molecule has 1 amide bonds. The molecular weight excluding hydrogens is 895 g/mol. The van der Waals surface area contributed by atoms with Crippen molar-refractivity contribution in [2.45, 2.75) is 288 Å². The van der Waals surface area contributed by atoms with Crippen LogP contribution in [0.15, 0.2) is 60.8 Å². The highest BCUT2D eigenvalue weighted by atomic mass is 16.7. The second kappa shape index (κ2) is 49.6. The molecule has 11 heteroatoms. The maximum Gasteiger partial charge on any atom is 0.305 e. The van der Waals surface area contributed by atoms with Crippen LogP contribution in [0.5, 0.6) is 0 Å². The van der Waals surface area contributed by atoms with Crippen molar-refractivity contribution in [3.05, 3.63) is 60.8 Å². The average molecular weight is 1000 g/mol. The minimum Gasteiger partial charge on any atom is -0.466 e. The van der Waals surface area contributed by atoms with E-state index in [2.05, 4.69) is 67.8 Å². The Kier molecular flexibility index (Phi) is 46.3. The van der Waals surface area contributed by atoms with Crippen LogP contribution in [0.2, 0.25) is 0 Å². The third kappa shape index (κ3) is 39.5. The summed E-state index contributed by atoms with van der Waals surface area (Å²) in [5, 5.41) is 54.3. The van der Waals surface area contributed by atoms with E-state index in [1.807, 2.05) is 6.08 Å². The van der Waals surface area contributed by atoms with Crippen LogP contribution in [0.3, 0.4) is 0 Å². The van der Waals surface area contributed by atoms with Crippen LogP contribution < -0.4 is 5.32 Å². The number of hydrogen-bond acceptors (Lipinski definition) is 10. The fourth-order valence-electron chi connectivity index (χ4n) is 8.67. The summed E-state index contributed by atoms with van der Waals surface area (Å²) in [5.41, 5.74) is 0. The van der Waals surface area contributed by atoms with Crippen molar-refractivity contribution in [3.8, 4) is 0 Å². The number of rotatable bonds is 49. The van der Waals surface area contributed by atoms with Crippen molar-refractivity contribution >= 4 is 11.9 Å². The molecule has 0 saturated carbocycles. The summed E-state index contributed by atoms with van der Waals surface area (Å²) in [4.78, 5) is 25.0. The molecule has 1 aliphatic rings. The van der Waals surface area contributed by atoms with Gasteiger partial charge < -0.3 is 45.1 Å². The van der Waals surface area contributed by atoms with Gasteiger partial charge in [0.25, 0.3) is 0 Å². The first kappa shape index (κ1) is 66.4. The maximum atomic E-state index is 13.0. The summed E-state index contributed by atoms with van der Waals surface area (Å²) in [6, 6.07) is -0.836. The number of aliphatic hydroxyl groups excluding tert-OH is 5. The fourth-order valence-corrected chi connectivity index (χ4v) is 8.67. The second-order valence-electron chi connectivity index (χ2n) is 20.0. The van der Waals surface area contributed by atoms with Crippen LogP contribution in [0.1, 0.15) is 245 Å². The molecule has 7 unspecified atom stereocenters. The Labute approximate surface area is 433 Å². The van der Waals surface area contributed by atoms with Gasteiger partial charge in [-0.05, 0) is 103 Å². The molecule has 1 aliphatic heterocycles. The van der Waals surface area contributed by atoms with Crippen molar-refractivity contribution in [1.82, 2.24) is 5.32 Å². The third-order valence-corrected chi connectivity index (χ3v) is 13.4. The van der Waals surface area contributed by atoms with Gasteiger partial charge in [0.2, 0.25) is 5.91 Å². The zero-order valence-electron chi connectivity index (χ0n) is 45.2. The molecular formula is C60H107NO10. The minimum atomic E-state index is -1.58. The van der Waals surface area contributed by atoms with Crippen molar-refractivity contribution in [2.75, 3.05) is 19.8 Å². The Morgan fingerprint density at radius 3 is 1.51 bits per heavy atom. The molecule has 6 N–H and O–H groups in total. The van der Waals surface area contributed by atoms with E-state index >= 15 is 0 Å². The molecule has 0 aromatic carbocycles. The number of unbranched alkanes of at least 4 members (excludes halogenated alkanes) is 28. The van der Waals surface area contributed by atoms with Crippen LogP contribution >= 0.6 is 0 Å². The number of carbonyl (C=O) groups is 2. The molecule has 0 aromatic rings. The van der Waals surface area contributed by atoms with Gasteiger partial charge in [-0.15, -0.1) is 0 Å². The zero-order chi connectivity index (χ0) is 51.7. The Balaban J connectivity index is 2.13. The summed E-state index contributed by atoms with van der Waals surface area (Å²) < 4.78 is 16.6. The Morgan fingerprint density at radius 2 is 0.958 bits per heavy atom. The molecule has 1 heterocycles. The van der Waals surface area contributed by atoms with E-state index < -0.39 is 49.5 Å². The van der Waals surface area contributed by atoms with E-state index in [1.54, 1.807) is 6.08 Å². The summed E-state index contributed by atoms with van der Waals surface area (Å²) in [7, 11) is 0. The monoisotopic (exact) mass is 1000 g/mol. The fraction of sp³-hybridized carbons (Fsp3) is 0.800. The number of aliphatic hydroxyl groups is 5. The topological polar surface area (TPSA) is 175 Å². The average Bonchev–Trinajstić information content (AvgIpc) is 3.37. The highest BCUT2D eigenvalue weighted by Gasteiger charge is 2.44. The summed E-state index contributed by atoms with van der Waals surface area (Å²) >= 11 is 0. The molecule has 0 bridgehead atoms. The van der Waals surface area contributed by atoms with E-state index in [9.17, 15) is 35.1 Å². The smallest absolute Gasteiger partial charge is 0.305 e. The second-order valence-corrected chi connectivity index (χ2v) is 20.0. The van der Waals surface area contributed by atoms with Gasteiger partial charge in [0.15, 0.2) is 6.29 Å². The SMILES string of the molecule is CCCCC/C=C\CCCCCCCC(=O)OCCCCC/C=C\C=C/CCCCCCCCCCCCC(=O)NC(COC1OC(CO)C(O)C(O)C1O)C(O)/C=C/CC/C=C/CCCCCCCC. The highest BCUT2D eigenvalue weighted by molar-refractivity contribution is 5.76. The van der Waals surface area contributed by atoms with E-state index in [-0.39, 0.29) is 18.5 Å². The Morgan fingerprint density at radius 1 is 0.521 bits per heavy atom. The van der Waals surface area contributed by atoms with E-state index in [4.69, 9.17) is 14.2 Å². The normalized spacial score (nSPS) is 19.6. The van der Waals surface area contributed by atoms with Crippen LogP contribution in [0.4, 0.5) is 0 Å². The number of amides is 1. The van der Waals surface area contributed by atoms with Gasteiger partial charge in [-0.25, -0.2) is 0 Å². The van der Waals surface area contributed by atoms with Crippen molar-refractivity contribution in [3.63, 3.8) is 0 Å². The molecule has 1 fully saturated rings. The number of nitrogens with one attached hydrogen (secondary N) is 1. The van der Waals surface area contributed by atoms with Crippen LogP contribution in [-0.4, -0.2) is 100 Å². The van der Waals surface area contributed by atoms with Crippen LogP contribution in [-0.2, 0) is 23.8 Å². The molecule has 0 aromatic heterocycles. The predicted octanol–water partition coefficient (Wildman–Crippen LogP) is 13.1. The molecule has 0 radical (unpaired) electrons. The maximum absolute atomic E-state index is 13.0. The molecule has 71 heavy (non-hydrogen) atoms. The van der Waals surface area contributed by atoms with Gasteiger partial charge in [-0.1, -0.05) is 190 Å². The number of ether oxygens (including phenoxy) is 3. The van der Waals surface area contributed by atoms with Crippen molar-refractivity contribution in [2.24, 2.45) is 0 Å². The summed E-state index contributed by atoms with van der Waals surface area (Å²) in [6.45, 7) is 4.22. The lowest BCUT2D eigenvalue weighted by Gasteiger charge is -2.40. The lowest BCUT2D eigenvalue weighted by atomic mass is 9.99. The van der Waals surface area contributed by atoms with Crippen LogP contribution in [0.25, 0.3) is 0 Å². The first-order valence-electron chi connectivity index (χ1n) is 29.1. The van der Waals surface area contributed by atoms with E-state index in [1.165, 1.54) is 128 Å². The lowest BCUT2D eigenvalue weighted by Crippen LogP contribution is -2.60. The summed E-state index contributed by atoms with van der Waals surface area (Å²) in [5.74, 6) is -0.244. The van der Waals surface area contributed by atoms with E-state index in [0.29, 0.717) is 19.4 Å². The summed E-state index contributed by atoms with van der Waals surface area (Å²) in [6.07, 6.45) is 53.1. The van der Waals surface area contributed by atoms with Gasteiger partial charge in [0.1, 0.15) is 24.4 Å². The van der Waals surface area contributed by atoms with Gasteiger partial charge in [-0.2, -0.15) is 0 Å². The molecule has 11 nitrogen and oxygen atoms in total. The number of esters is 1. The Bertz CT molecular complexity index is 1360. The van der Waals surface area contributed by atoms with E-state index in [0.717, 1.165) is 89.9 Å².